The minimum absolute atomic E-state index is 0.0735. The van der Waals surface area contributed by atoms with E-state index in [-0.39, 0.29) is 11.4 Å². The van der Waals surface area contributed by atoms with Gasteiger partial charge >= 0.3 is 0 Å². The number of nitrogens with one attached hydrogen (secondary N) is 1. The zero-order chi connectivity index (χ0) is 32.2. The average molecular weight is 695 g/mol. The number of carbonyl (C=O) groups is 2. The summed E-state index contributed by atoms with van der Waals surface area (Å²) in [5, 5.41) is 4.13. The van der Waals surface area contributed by atoms with E-state index in [2.05, 4.69) is 43.3 Å². The molecule has 0 saturated heterocycles. The first-order valence-electron chi connectivity index (χ1n) is 14.7. The van der Waals surface area contributed by atoms with Crippen molar-refractivity contribution in [1.29, 1.82) is 0 Å². The van der Waals surface area contributed by atoms with Crippen LogP contribution in [0.1, 0.15) is 84.9 Å². The molecule has 2 aliphatic rings. The van der Waals surface area contributed by atoms with Crippen molar-refractivity contribution in [2.45, 2.75) is 75.3 Å². The average Bonchev–Trinajstić information content (AvgIpc) is 3.00. The molecule has 2 aliphatic carbocycles. The number of likely N-dealkylation sites (N-methyl/N-ethyl adjacent to an activating group) is 2. The van der Waals surface area contributed by atoms with Crippen LogP contribution in [0.5, 0.6) is 0 Å². The second kappa shape index (κ2) is 18.2. The van der Waals surface area contributed by atoms with E-state index >= 15 is 0 Å². The molecule has 2 aromatic carbocycles. The molecule has 0 atom stereocenters. The van der Waals surface area contributed by atoms with Crippen LogP contribution in [-0.2, 0) is 0 Å². The molecule has 240 valence electrons. The third-order valence-electron chi connectivity index (χ3n) is 8.75. The number of carbonyl (C=O) groups excluding carboxylic acids is 2. The number of nitrogens with zero attached hydrogens (tertiary/aromatic N) is 2. The highest BCUT2D eigenvalue weighted by atomic mass is 35.5. The van der Waals surface area contributed by atoms with Crippen LogP contribution in [0.2, 0.25) is 20.1 Å². The Morgan fingerprint density at radius 1 is 0.698 bits per heavy atom. The predicted molar refractivity (Wildman–Crippen MR) is 184 cm³/mol. The minimum atomic E-state index is -0.538. The Morgan fingerprint density at radius 3 is 1.49 bits per heavy atom. The van der Waals surface area contributed by atoms with Crippen molar-refractivity contribution < 1.29 is 9.59 Å². The fourth-order valence-electron chi connectivity index (χ4n) is 5.64. The second-order valence-corrected chi connectivity index (χ2v) is 13.7. The standard InChI is InChI=1S/C16H22Cl2N2O.C9H20N2.C7H3Cl3O/c1-20(2)16(8-4-3-5-9-16)11-19-15(21)12-6-7-13(17)14(18)10-12;1-11(2)9(8-10)6-4-3-5-7-9;8-5-2-1-4(7(10)11)3-6(5)9/h6-7,10H,3-5,8-9,11H2,1-2H3,(H,19,21);3-8,10H2,1-2H3;1-3H. The summed E-state index contributed by atoms with van der Waals surface area (Å²) in [5.74, 6) is -0.0969. The molecule has 0 heterocycles. The summed E-state index contributed by atoms with van der Waals surface area (Å²) in [7, 11) is 8.49. The van der Waals surface area contributed by atoms with Crippen LogP contribution in [0.15, 0.2) is 36.4 Å². The monoisotopic (exact) mass is 692 g/mol. The fourth-order valence-corrected chi connectivity index (χ4v) is 6.35. The summed E-state index contributed by atoms with van der Waals surface area (Å²) < 4.78 is 0. The summed E-state index contributed by atoms with van der Waals surface area (Å²) >= 11 is 28.2. The maximum absolute atomic E-state index is 12.3. The summed E-state index contributed by atoms with van der Waals surface area (Å²) in [4.78, 5) is 27.4. The Bertz CT molecular complexity index is 1200. The number of hydrogen-bond donors (Lipinski definition) is 2. The van der Waals surface area contributed by atoms with Gasteiger partial charge in [-0.15, -0.1) is 0 Å². The van der Waals surface area contributed by atoms with E-state index in [1.807, 2.05) is 0 Å². The van der Waals surface area contributed by atoms with Crippen molar-refractivity contribution in [3.63, 3.8) is 0 Å². The van der Waals surface area contributed by atoms with Gasteiger partial charge in [-0.2, -0.15) is 0 Å². The van der Waals surface area contributed by atoms with E-state index in [1.165, 1.54) is 69.6 Å². The Labute approximate surface area is 282 Å². The van der Waals surface area contributed by atoms with Crippen LogP contribution in [0.3, 0.4) is 0 Å². The van der Waals surface area contributed by atoms with Crippen molar-refractivity contribution in [2.24, 2.45) is 5.73 Å². The van der Waals surface area contributed by atoms with E-state index in [0.717, 1.165) is 19.4 Å². The highest BCUT2D eigenvalue weighted by molar-refractivity contribution is 6.67. The summed E-state index contributed by atoms with van der Waals surface area (Å²) in [6, 6.07) is 9.44. The molecule has 0 aliphatic heterocycles. The largest absolute Gasteiger partial charge is 0.350 e. The molecule has 2 fully saturated rings. The highest BCUT2D eigenvalue weighted by Crippen LogP contribution is 2.32. The maximum Gasteiger partial charge on any atom is 0.252 e. The van der Waals surface area contributed by atoms with E-state index in [4.69, 9.17) is 63.7 Å². The molecular formula is C32H45Cl5N4O2. The van der Waals surface area contributed by atoms with Crippen LogP contribution in [0, 0.1) is 0 Å². The minimum Gasteiger partial charge on any atom is -0.350 e. The van der Waals surface area contributed by atoms with E-state index in [1.54, 1.807) is 18.2 Å². The molecule has 11 heteroatoms. The van der Waals surface area contributed by atoms with Crippen molar-refractivity contribution in [3.05, 3.63) is 67.6 Å². The van der Waals surface area contributed by atoms with Gasteiger partial charge in [0.1, 0.15) is 0 Å². The summed E-state index contributed by atoms with van der Waals surface area (Å²) in [5.41, 5.74) is 7.10. The molecule has 4 rings (SSSR count). The van der Waals surface area contributed by atoms with Crippen molar-refractivity contribution in [1.82, 2.24) is 15.1 Å². The van der Waals surface area contributed by atoms with Crippen LogP contribution >= 0.6 is 58.0 Å². The van der Waals surface area contributed by atoms with Gasteiger partial charge in [-0.05, 0) is 102 Å². The van der Waals surface area contributed by atoms with Gasteiger partial charge in [-0.1, -0.05) is 84.9 Å². The molecule has 0 radical (unpaired) electrons. The van der Waals surface area contributed by atoms with Gasteiger partial charge in [-0.25, -0.2) is 0 Å². The lowest BCUT2D eigenvalue weighted by atomic mass is 9.80. The lowest BCUT2D eigenvalue weighted by molar-refractivity contribution is 0.0799. The molecule has 2 aromatic rings. The van der Waals surface area contributed by atoms with Gasteiger partial charge in [0.2, 0.25) is 0 Å². The third-order valence-corrected chi connectivity index (χ3v) is 10.4. The molecule has 0 aromatic heterocycles. The number of amides is 1. The predicted octanol–water partition coefficient (Wildman–Crippen LogP) is 8.57. The van der Waals surface area contributed by atoms with Crippen LogP contribution < -0.4 is 11.1 Å². The van der Waals surface area contributed by atoms with E-state index in [0.29, 0.717) is 43.3 Å². The lowest BCUT2D eigenvalue weighted by Crippen LogP contribution is -2.53. The van der Waals surface area contributed by atoms with Crippen LogP contribution in [-0.4, -0.2) is 73.3 Å². The number of nitrogens with two attached hydrogens (primary N) is 1. The number of benzene rings is 2. The lowest BCUT2D eigenvalue weighted by Gasteiger charge is -2.43. The van der Waals surface area contributed by atoms with Gasteiger partial charge in [0, 0.05) is 35.3 Å². The normalized spacial score (nSPS) is 17.3. The number of halogens is 5. The Kier molecular flexibility index (Phi) is 16.1. The van der Waals surface area contributed by atoms with Crippen molar-refractivity contribution >= 4 is 69.2 Å². The smallest absolute Gasteiger partial charge is 0.252 e. The van der Waals surface area contributed by atoms with Gasteiger partial charge in [-0.3, -0.25) is 9.59 Å². The zero-order valence-electron chi connectivity index (χ0n) is 25.6. The van der Waals surface area contributed by atoms with Gasteiger partial charge in [0.25, 0.3) is 11.1 Å². The van der Waals surface area contributed by atoms with Gasteiger partial charge in [0.05, 0.1) is 20.1 Å². The number of hydrogen-bond acceptors (Lipinski definition) is 5. The Balaban J connectivity index is 0.000000247. The van der Waals surface area contributed by atoms with Crippen LogP contribution in [0.25, 0.3) is 0 Å². The maximum atomic E-state index is 12.3. The third kappa shape index (κ3) is 11.3. The van der Waals surface area contributed by atoms with Crippen molar-refractivity contribution in [2.75, 3.05) is 41.3 Å². The molecule has 1 amide bonds. The SMILES string of the molecule is CN(C)C1(CN)CCCCC1.CN(C)C1(CNC(=O)c2ccc(Cl)c(Cl)c2)CCCCC1.O=C(Cl)c1ccc(Cl)c(Cl)c1. The highest BCUT2D eigenvalue weighted by Gasteiger charge is 2.34. The van der Waals surface area contributed by atoms with E-state index in [9.17, 15) is 9.59 Å². The van der Waals surface area contributed by atoms with Gasteiger partial charge < -0.3 is 20.9 Å². The molecule has 6 nitrogen and oxygen atoms in total. The first-order chi connectivity index (χ1) is 20.3. The topological polar surface area (TPSA) is 78.7 Å². The Morgan fingerprint density at radius 2 is 1.12 bits per heavy atom. The number of rotatable bonds is 7. The van der Waals surface area contributed by atoms with Gasteiger partial charge in [0.15, 0.2) is 0 Å². The van der Waals surface area contributed by atoms with Crippen molar-refractivity contribution in [3.8, 4) is 0 Å². The molecule has 3 N–H and O–H groups in total. The molecular weight excluding hydrogens is 650 g/mol. The molecule has 0 bridgehead atoms. The molecule has 43 heavy (non-hydrogen) atoms. The Hall–Kier alpha value is -1.09. The zero-order valence-corrected chi connectivity index (χ0v) is 29.4. The first kappa shape index (κ1) is 38.1. The molecule has 0 unspecified atom stereocenters. The summed E-state index contributed by atoms with van der Waals surface area (Å²) in [6.45, 7) is 1.49. The summed E-state index contributed by atoms with van der Waals surface area (Å²) in [6.07, 6.45) is 12.7. The van der Waals surface area contributed by atoms with Crippen LogP contribution in [0.4, 0.5) is 0 Å². The van der Waals surface area contributed by atoms with E-state index < -0.39 is 5.24 Å². The fraction of sp³-hybridized carbons (Fsp3) is 0.562. The quantitative estimate of drug-likeness (QED) is 0.284. The molecule has 2 saturated carbocycles. The molecule has 0 spiro atoms. The second-order valence-electron chi connectivity index (χ2n) is 11.8. The first-order valence-corrected chi connectivity index (χ1v) is 16.6.